The van der Waals surface area contributed by atoms with Gasteiger partial charge in [-0.15, -0.1) is 0 Å². The predicted octanol–water partition coefficient (Wildman–Crippen LogP) is 4.97. The fourth-order valence-corrected chi connectivity index (χ4v) is 1.94. The minimum Gasteiger partial charge on any atom is -0.256 e. The maximum absolute atomic E-state index is 7.74. The molecule has 100 valence electrons. The van der Waals surface area contributed by atoms with Gasteiger partial charge in [0.2, 0.25) is 0 Å². The third-order valence-electron chi connectivity index (χ3n) is 3.03. The first-order valence-electron chi connectivity index (χ1n) is 10.6. The molecule has 0 saturated carbocycles. The average molecular weight is 262 g/mol. The van der Waals surface area contributed by atoms with Gasteiger partial charge in [-0.1, -0.05) is 32.9 Å². The van der Waals surface area contributed by atoms with Gasteiger partial charge in [0.25, 0.3) is 0 Å². The molecule has 0 amide bonds. The van der Waals surface area contributed by atoms with Crippen molar-refractivity contribution in [2.45, 2.75) is 46.7 Å². The first-order valence-corrected chi connectivity index (χ1v) is 6.09. The molecule has 0 unspecified atom stereocenters. The van der Waals surface area contributed by atoms with E-state index in [1.54, 1.807) is 6.07 Å². The third-order valence-corrected chi connectivity index (χ3v) is 3.03. The Kier molecular flexibility index (Phi) is 1.57. The normalized spacial score (nSPS) is 20.7. The lowest BCUT2D eigenvalue weighted by atomic mass is 9.84. The van der Waals surface area contributed by atoms with E-state index in [0.29, 0.717) is 16.8 Å². The molecule has 0 radical (unpaired) electrons. The van der Waals surface area contributed by atoms with Crippen molar-refractivity contribution in [1.29, 1.82) is 0 Å². The van der Waals surface area contributed by atoms with Crippen molar-refractivity contribution in [2.24, 2.45) is 0 Å². The molecular formula is C18H23N. The lowest BCUT2D eigenvalue weighted by Crippen LogP contribution is -2.13. The van der Waals surface area contributed by atoms with Crippen molar-refractivity contribution in [2.75, 3.05) is 0 Å². The number of aryl methyl sites for hydroxylation is 3. The van der Waals surface area contributed by atoms with Crippen molar-refractivity contribution >= 4 is 0 Å². The lowest BCUT2D eigenvalue weighted by molar-refractivity contribution is 0.585. The first kappa shape index (κ1) is 6.21. The maximum atomic E-state index is 7.74. The van der Waals surface area contributed by atoms with Crippen LogP contribution in [0.5, 0.6) is 0 Å². The summed E-state index contributed by atoms with van der Waals surface area (Å²) in [6.07, 6.45) is 1.29. The summed E-state index contributed by atoms with van der Waals surface area (Å²) in [7, 11) is 0. The molecule has 19 heavy (non-hydrogen) atoms. The van der Waals surface area contributed by atoms with Gasteiger partial charge < -0.3 is 0 Å². The van der Waals surface area contributed by atoms with Gasteiger partial charge in [0, 0.05) is 24.1 Å². The molecule has 0 atom stereocenters. The zero-order chi connectivity index (χ0) is 21.7. The second kappa shape index (κ2) is 4.80. The fraction of sp³-hybridized carbons (Fsp3) is 0.389. The molecule has 0 saturated heterocycles. The van der Waals surface area contributed by atoms with E-state index < -0.39 is 26.0 Å². The van der Waals surface area contributed by atoms with Gasteiger partial charge >= 0.3 is 0 Å². The van der Waals surface area contributed by atoms with E-state index in [1.807, 2.05) is 20.8 Å². The van der Waals surface area contributed by atoms with E-state index in [2.05, 4.69) is 4.98 Å². The van der Waals surface area contributed by atoms with Gasteiger partial charge in [-0.05, 0) is 60.4 Å². The van der Waals surface area contributed by atoms with Crippen LogP contribution in [0.2, 0.25) is 0 Å². The number of aromatic nitrogens is 1. The second-order valence-electron chi connectivity index (χ2n) is 5.63. The number of hydrogen-bond acceptors (Lipinski definition) is 1. The number of rotatable bonds is 1. The van der Waals surface area contributed by atoms with Gasteiger partial charge in [0.05, 0.1) is 5.69 Å². The Hall–Kier alpha value is -1.63. The minimum absolute atomic E-state index is 0.138. The Morgan fingerprint density at radius 1 is 0.947 bits per heavy atom. The zero-order valence-corrected chi connectivity index (χ0v) is 11.3. The van der Waals surface area contributed by atoms with Gasteiger partial charge in [-0.3, -0.25) is 4.98 Å². The van der Waals surface area contributed by atoms with Crippen LogP contribution >= 0.6 is 0 Å². The van der Waals surface area contributed by atoms with Crippen LogP contribution in [0.1, 0.15) is 55.4 Å². The number of benzene rings is 1. The monoisotopic (exact) mass is 262 g/mol. The smallest absolute Gasteiger partial charge is 0.0705 e. The average Bonchev–Trinajstić information content (AvgIpc) is 2.50. The molecule has 1 heteroatoms. The minimum atomic E-state index is -2.61. The highest BCUT2D eigenvalue weighted by Crippen LogP contribution is 2.29. The van der Waals surface area contributed by atoms with Crippen molar-refractivity contribution in [3.8, 4) is 11.3 Å². The van der Waals surface area contributed by atoms with Crippen LogP contribution in [-0.4, -0.2) is 4.98 Å². The molecule has 0 fully saturated rings. The van der Waals surface area contributed by atoms with Crippen LogP contribution in [0.25, 0.3) is 11.3 Å². The summed E-state index contributed by atoms with van der Waals surface area (Å²) in [5.41, 5.74) is 0.553. The van der Waals surface area contributed by atoms with Crippen molar-refractivity contribution in [3.63, 3.8) is 0 Å². The lowest BCUT2D eigenvalue weighted by Gasteiger charge is -2.22. The van der Waals surface area contributed by atoms with Crippen LogP contribution in [0.3, 0.4) is 0 Å². The molecule has 1 nitrogen and oxygen atoms in total. The summed E-state index contributed by atoms with van der Waals surface area (Å²) in [6.45, 7) is -1.85. The van der Waals surface area contributed by atoms with Gasteiger partial charge in [0.1, 0.15) is 0 Å². The molecule has 0 N–H and O–H groups in total. The van der Waals surface area contributed by atoms with E-state index in [-0.39, 0.29) is 16.7 Å². The van der Waals surface area contributed by atoms with Crippen LogP contribution < -0.4 is 0 Å². The molecule has 1 heterocycles. The second-order valence-corrected chi connectivity index (χ2v) is 5.63. The molecule has 0 aliphatic carbocycles. The molecule has 2 aromatic rings. The first-order chi connectivity index (χ1) is 12.4. The highest BCUT2D eigenvalue weighted by atomic mass is 14.7. The van der Waals surface area contributed by atoms with Crippen molar-refractivity contribution < 1.29 is 12.3 Å². The highest BCUT2D eigenvalue weighted by Gasteiger charge is 2.17. The molecule has 1 aromatic heterocycles. The van der Waals surface area contributed by atoms with E-state index in [4.69, 9.17) is 12.3 Å². The summed E-state index contributed by atoms with van der Waals surface area (Å²) in [5, 5.41) is 0. The number of nitrogens with zero attached hydrogens (tertiary/aromatic N) is 1. The maximum Gasteiger partial charge on any atom is 0.0705 e. The SMILES string of the molecule is [2H]C([2H])([2H])c1ccc(-c2cc(C(C)(C)C)c(C([2H])([2H])[2H])cn2)cc1C([2H])([2H])[2H]. The predicted molar refractivity (Wildman–Crippen MR) is 82.6 cm³/mol. The summed E-state index contributed by atoms with van der Waals surface area (Å²) in [6, 6.07) is 5.72. The quantitative estimate of drug-likeness (QED) is 0.707. The van der Waals surface area contributed by atoms with Crippen LogP contribution in [0.15, 0.2) is 30.5 Å². The summed E-state index contributed by atoms with van der Waals surface area (Å²) in [5.74, 6) is 0. The van der Waals surface area contributed by atoms with Gasteiger partial charge in [-0.2, -0.15) is 0 Å². The Morgan fingerprint density at radius 3 is 2.32 bits per heavy atom. The molecule has 0 spiro atoms. The Bertz CT molecular complexity index is 795. The molecule has 1 aromatic carbocycles. The molecule has 0 bridgehead atoms. The Balaban J connectivity index is 2.72. The van der Waals surface area contributed by atoms with E-state index in [9.17, 15) is 0 Å². The van der Waals surface area contributed by atoms with Crippen LogP contribution in [0, 0.1) is 20.6 Å². The Morgan fingerprint density at radius 2 is 1.68 bits per heavy atom. The largest absolute Gasteiger partial charge is 0.256 e. The van der Waals surface area contributed by atoms with E-state index in [0.717, 1.165) is 0 Å². The zero-order valence-electron chi connectivity index (χ0n) is 20.3. The number of pyridine rings is 1. The van der Waals surface area contributed by atoms with Crippen molar-refractivity contribution in [1.82, 2.24) is 4.98 Å². The van der Waals surface area contributed by atoms with E-state index >= 15 is 0 Å². The summed E-state index contributed by atoms with van der Waals surface area (Å²) < 4.78 is 69.1. The number of hydrogen-bond donors (Lipinski definition) is 0. The molecule has 0 aliphatic rings. The van der Waals surface area contributed by atoms with Crippen molar-refractivity contribution in [3.05, 3.63) is 52.7 Å². The third kappa shape index (κ3) is 2.86. The molecular weight excluding hydrogens is 230 g/mol. The van der Waals surface area contributed by atoms with E-state index in [1.165, 1.54) is 24.4 Å². The van der Waals surface area contributed by atoms with Crippen LogP contribution in [0.4, 0.5) is 0 Å². The van der Waals surface area contributed by atoms with Gasteiger partial charge in [0.15, 0.2) is 0 Å². The summed E-state index contributed by atoms with van der Waals surface area (Å²) >= 11 is 0. The standard InChI is InChI=1S/C18H23N/c1-12-7-8-15(9-13(12)2)17-10-16(18(4,5)6)14(3)11-19-17/h7-11H,1-6H3/i1D3,2D3,3D3. The summed E-state index contributed by atoms with van der Waals surface area (Å²) in [4.78, 5) is 4.22. The van der Waals surface area contributed by atoms with Gasteiger partial charge in [-0.25, -0.2) is 0 Å². The van der Waals surface area contributed by atoms with Crippen LogP contribution in [-0.2, 0) is 5.41 Å². The Labute approximate surface area is 129 Å². The molecule has 2 rings (SSSR count). The fourth-order valence-electron chi connectivity index (χ4n) is 1.94. The topological polar surface area (TPSA) is 12.9 Å². The highest BCUT2D eigenvalue weighted by molar-refractivity contribution is 5.62. The molecule has 0 aliphatic heterocycles.